The molecular formula is C19H21NO7S2. The van der Waals surface area contributed by atoms with Gasteiger partial charge in [0.2, 0.25) is 11.5 Å². The monoisotopic (exact) mass is 439 g/mol. The Morgan fingerprint density at radius 2 is 1.55 bits per heavy atom. The van der Waals surface area contributed by atoms with E-state index in [2.05, 4.69) is 0 Å². The van der Waals surface area contributed by atoms with Crippen LogP contribution >= 0.6 is 23.5 Å². The normalized spacial score (nSPS) is 18.3. The van der Waals surface area contributed by atoms with Crippen LogP contribution in [-0.2, 0) is 0 Å². The summed E-state index contributed by atoms with van der Waals surface area (Å²) in [5.74, 6) is 2.12. The molecular weight excluding hydrogens is 418 g/mol. The minimum Gasteiger partial charge on any atom is -0.500 e. The molecule has 2 aromatic rings. The van der Waals surface area contributed by atoms with Crippen molar-refractivity contribution in [2.75, 3.05) is 34.2 Å². The smallest absolute Gasteiger partial charge is 0.315 e. The van der Waals surface area contributed by atoms with E-state index in [4.69, 9.17) is 18.9 Å². The zero-order valence-electron chi connectivity index (χ0n) is 16.3. The second-order valence-electron chi connectivity index (χ2n) is 6.10. The number of hydrogen-bond acceptors (Lipinski definition) is 9. The number of ether oxygens (including phenoxy) is 4. The molecule has 3 rings (SSSR count). The van der Waals surface area contributed by atoms with Crippen molar-refractivity contribution >= 4 is 29.2 Å². The summed E-state index contributed by atoms with van der Waals surface area (Å²) in [7, 11) is 6.07. The molecule has 1 saturated heterocycles. The van der Waals surface area contributed by atoms with Crippen LogP contribution in [0.1, 0.15) is 21.0 Å². The Bertz CT molecular complexity index is 897. The lowest BCUT2D eigenvalue weighted by molar-refractivity contribution is -0.386. The summed E-state index contributed by atoms with van der Waals surface area (Å²) in [5.41, 5.74) is 1.37. The fraction of sp³-hybridized carbons (Fsp3) is 0.368. The average molecular weight is 440 g/mol. The topological polar surface area (TPSA) is 100 Å². The van der Waals surface area contributed by atoms with Gasteiger partial charge in [-0.1, -0.05) is 0 Å². The van der Waals surface area contributed by atoms with Crippen molar-refractivity contribution in [3.05, 3.63) is 45.5 Å². The summed E-state index contributed by atoms with van der Waals surface area (Å²) in [6.45, 7) is 0. The standard InChI is InChI=1S/C19H21NO7S2/c1-24-13-8-11(5-12(17(13)21)20(22)23)19-28-9-16(29-19)10-6-14(25-2)18(27-4)15(7-10)26-3/h5-8,16,19,21H,9H2,1-4H3/t16-,19+/m1/s1. The molecule has 1 N–H and O–H groups in total. The second kappa shape index (κ2) is 8.91. The highest BCUT2D eigenvalue weighted by Crippen LogP contribution is 2.58. The third-order valence-electron chi connectivity index (χ3n) is 4.51. The molecule has 10 heteroatoms. The third kappa shape index (κ3) is 4.13. The Hall–Kier alpha value is -2.46. The largest absolute Gasteiger partial charge is 0.500 e. The fourth-order valence-electron chi connectivity index (χ4n) is 3.08. The molecule has 0 aliphatic carbocycles. The molecule has 0 bridgehead atoms. The first kappa shape index (κ1) is 21.3. The Morgan fingerprint density at radius 3 is 2.07 bits per heavy atom. The molecule has 2 atom stereocenters. The molecule has 0 radical (unpaired) electrons. The van der Waals surface area contributed by atoms with Gasteiger partial charge in [0.15, 0.2) is 17.2 Å². The first-order valence-corrected chi connectivity index (χ1v) is 10.5. The summed E-state index contributed by atoms with van der Waals surface area (Å²) in [4.78, 5) is 10.7. The number of phenols is 1. The van der Waals surface area contributed by atoms with Gasteiger partial charge in [-0.05, 0) is 29.3 Å². The number of hydrogen-bond donors (Lipinski definition) is 1. The Morgan fingerprint density at radius 1 is 0.966 bits per heavy atom. The zero-order valence-corrected chi connectivity index (χ0v) is 18.0. The van der Waals surface area contributed by atoms with Crippen LogP contribution in [0.5, 0.6) is 28.7 Å². The van der Waals surface area contributed by atoms with E-state index < -0.39 is 10.7 Å². The molecule has 156 valence electrons. The summed E-state index contributed by atoms with van der Waals surface area (Å²) >= 11 is 3.34. The van der Waals surface area contributed by atoms with Crippen LogP contribution in [0, 0.1) is 10.1 Å². The van der Waals surface area contributed by atoms with E-state index in [1.807, 2.05) is 12.1 Å². The van der Waals surface area contributed by atoms with Crippen molar-refractivity contribution in [2.45, 2.75) is 9.83 Å². The Kier molecular flexibility index (Phi) is 6.53. The molecule has 0 unspecified atom stereocenters. The number of nitrogens with zero attached hydrogens (tertiary/aromatic N) is 1. The lowest BCUT2D eigenvalue weighted by atomic mass is 10.1. The summed E-state index contributed by atoms with van der Waals surface area (Å²) < 4.78 is 21.3. The van der Waals surface area contributed by atoms with Gasteiger partial charge in [0, 0.05) is 17.1 Å². The molecule has 0 amide bonds. The molecule has 0 aromatic heterocycles. The number of aromatic hydroxyl groups is 1. The van der Waals surface area contributed by atoms with Gasteiger partial charge in [-0.25, -0.2) is 0 Å². The van der Waals surface area contributed by atoms with Crippen LogP contribution in [0.3, 0.4) is 0 Å². The fourth-order valence-corrected chi connectivity index (χ4v) is 6.34. The van der Waals surface area contributed by atoms with Gasteiger partial charge in [-0.15, -0.1) is 23.5 Å². The third-order valence-corrected chi connectivity index (χ3v) is 7.85. The van der Waals surface area contributed by atoms with E-state index in [9.17, 15) is 15.2 Å². The lowest BCUT2D eigenvalue weighted by Crippen LogP contribution is -1.99. The van der Waals surface area contributed by atoms with E-state index in [0.717, 1.165) is 16.9 Å². The van der Waals surface area contributed by atoms with Crippen LogP contribution in [0.4, 0.5) is 5.69 Å². The number of nitro groups is 1. The molecule has 0 spiro atoms. The Balaban J connectivity index is 1.91. The first-order valence-electron chi connectivity index (χ1n) is 8.55. The maximum atomic E-state index is 11.3. The molecule has 29 heavy (non-hydrogen) atoms. The number of benzene rings is 2. The number of methoxy groups -OCH3 is 4. The second-order valence-corrected chi connectivity index (χ2v) is 8.85. The highest BCUT2D eigenvalue weighted by atomic mass is 32.2. The van der Waals surface area contributed by atoms with E-state index in [1.54, 1.807) is 50.9 Å². The van der Waals surface area contributed by atoms with Crippen molar-refractivity contribution in [3.63, 3.8) is 0 Å². The average Bonchev–Trinajstić information content (AvgIpc) is 3.22. The van der Waals surface area contributed by atoms with Gasteiger partial charge in [0.05, 0.1) is 37.9 Å². The van der Waals surface area contributed by atoms with Gasteiger partial charge in [0.1, 0.15) is 0 Å². The number of nitro benzene ring substituents is 1. The van der Waals surface area contributed by atoms with Crippen molar-refractivity contribution in [1.29, 1.82) is 0 Å². The molecule has 1 heterocycles. The molecule has 1 aliphatic rings. The summed E-state index contributed by atoms with van der Waals surface area (Å²) in [6.07, 6.45) is 0. The number of rotatable bonds is 7. The first-order chi connectivity index (χ1) is 13.9. The van der Waals surface area contributed by atoms with Crippen molar-refractivity contribution in [1.82, 2.24) is 0 Å². The molecule has 2 aromatic carbocycles. The Labute approximate surface area is 176 Å². The molecule has 0 saturated carbocycles. The van der Waals surface area contributed by atoms with Crippen LogP contribution in [0.25, 0.3) is 0 Å². The van der Waals surface area contributed by atoms with Gasteiger partial charge in [-0.3, -0.25) is 10.1 Å². The zero-order chi connectivity index (χ0) is 21.1. The van der Waals surface area contributed by atoms with Gasteiger partial charge in [0.25, 0.3) is 0 Å². The highest BCUT2D eigenvalue weighted by Gasteiger charge is 2.32. The van der Waals surface area contributed by atoms with Gasteiger partial charge in [-0.2, -0.15) is 0 Å². The van der Waals surface area contributed by atoms with Crippen LogP contribution in [-0.4, -0.2) is 44.2 Å². The summed E-state index contributed by atoms with van der Waals surface area (Å²) in [6, 6.07) is 6.88. The minimum atomic E-state index is -0.609. The molecule has 1 aliphatic heterocycles. The summed E-state index contributed by atoms with van der Waals surface area (Å²) in [5, 5.41) is 21.4. The van der Waals surface area contributed by atoms with Gasteiger partial charge < -0.3 is 24.1 Å². The van der Waals surface area contributed by atoms with Gasteiger partial charge >= 0.3 is 5.69 Å². The van der Waals surface area contributed by atoms with Crippen LogP contribution in [0.2, 0.25) is 0 Å². The van der Waals surface area contributed by atoms with E-state index in [-0.39, 0.29) is 21.3 Å². The number of thioether (sulfide) groups is 2. The molecule has 8 nitrogen and oxygen atoms in total. The quantitative estimate of drug-likeness (QED) is 0.492. The van der Waals surface area contributed by atoms with E-state index in [0.29, 0.717) is 17.2 Å². The van der Waals surface area contributed by atoms with Crippen LogP contribution in [0.15, 0.2) is 24.3 Å². The predicted octanol–water partition coefficient (Wildman–Crippen LogP) is 4.55. The maximum Gasteiger partial charge on any atom is 0.315 e. The van der Waals surface area contributed by atoms with Crippen molar-refractivity contribution in [3.8, 4) is 28.7 Å². The maximum absolute atomic E-state index is 11.3. The van der Waals surface area contributed by atoms with E-state index in [1.165, 1.54) is 13.2 Å². The highest BCUT2D eigenvalue weighted by molar-refractivity contribution is 8.19. The van der Waals surface area contributed by atoms with Crippen molar-refractivity contribution in [2.24, 2.45) is 0 Å². The van der Waals surface area contributed by atoms with Crippen LogP contribution < -0.4 is 18.9 Å². The van der Waals surface area contributed by atoms with Crippen molar-refractivity contribution < 1.29 is 29.0 Å². The van der Waals surface area contributed by atoms with E-state index >= 15 is 0 Å². The number of phenolic OH excluding ortho intramolecular Hbond substituents is 1. The molecule has 1 fully saturated rings. The minimum absolute atomic E-state index is 0.0488. The SMILES string of the molecule is COc1cc([C@H]2SC[C@H](c3cc(OC)c(OC)c(OC)c3)S2)cc([N+](=O)[O-])c1O. The lowest BCUT2D eigenvalue weighted by Gasteiger charge is -2.17. The predicted molar refractivity (Wildman–Crippen MR) is 113 cm³/mol.